The van der Waals surface area contributed by atoms with Gasteiger partial charge in [0.25, 0.3) is 5.69 Å². The summed E-state index contributed by atoms with van der Waals surface area (Å²) in [5.74, 6) is 0.573. The van der Waals surface area contributed by atoms with Gasteiger partial charge in [-0.05, 0) is 44.2 Å². The topological polar surface area (TPSA) is 86.7 Å². The van der Waals surface area contributed by atoms with Gasteiger partial charge in [-0.25, -0.2) is 4.98 Å². The lowest BCUT2D eigenvalue weighted by Crippen LogP contribution is -2.05. The van der Waals surface area contributed by atoms with Crippen LogP contribution in [-0.4, -0.2) is 24.4 Å². The van der Waals surface area contributed by atoms with Crippen molar-refractivity contribution in [3.63, 3.8) is 0 Å². The molecule has 3 heterocycles. The number of pyridine rings is 2. The number of imidazole rings is 1. The van der Waals surface area contributed by atoms with Crippen molar-refractivity contribution in [1.29, 1.82) is 0 Å². The van der Waals surface area contributed by atoms with E-state index in [4.69, 9.17) is 4.98 Å². The predicted molar refractivity (Wildman–Crippen MR) is 113 cm³/mol. The van der Waals surface area contributed by atoms with Crippen LogP contribution in [0.15, 0.2) is 60.9 Å². The molecule has 29 heavy (non-hydrogen) atoms. The van der Waals surface area contributed by atoms with Crippen LogP contribution in [0.5, 0.6) is 0 Å². The van der Waals surface area contributed by atoms with E-state index in [-0.39, 0.29) is 16.7 Å². The van der Waals surface area contributed by atoms with Crippen molar-refractivity contribution in [2.24, 2.45) is 0 Å². The number of hydrogen-bond donors (Lipinski definition) is 0. The molecule has 7 nitrogen and oxygen atoms in total. The Hall–Kier alpha value is -3.87. The Bertz CT molecular complexity index is 1420. The van der Waals surface area contributed by atoms with E-state index in [9.17, 15) is 10.1 Å². The summed E-state index contributed by atoms with van der Waals surface area (Å²) in [6, 6.07) is 14.5. The summed E-state index contributed by atoms with van der Waals surface area (Å²) in [6.45, 7) is 4.10. The monoisotopic (exact) mass is 383 g/mol. The average molecular weight is 383 g/mol. The Morgan fingerprint density at radius 1 is 0.897 bits per heavy atom. The van der Waals surface area contributed by atoms with E-state index in [0.717, 1.165) is 32.8 Å². The SMILES string of the molecule is CC(C)n1c(-c2ccccc2[N+](=O)[O-])nc2c3cccnc3c3ncccc3c21. The maximum Gasteiger partial charge on any atom is 0.280 e. The molecule has 0 bridgehead atoms. The summed E-state index contributed by atoms with van der Waals surface area (Å²) in [4.78, 5) is 25.3. The van der Waals surface area contributed by atoms with Gasteiger partial charge in [0.05, 0.1) is 32.6 Å². The van der Waals surface area contributed by atoms with E-state index in [1.54, 1.807) is 30.6 Å². The zero-order chi connectivity index (χ0) is 20.1. The highest BCUT2D eigenvalue weighted by atomic mass is 16.6. The van der Waals surface area contributed by atoms with Crippen molar-refractivity contribution in [2.75, 3.05) is 0 Å². The van der Waals surface area contributed by atoms with Crippen LogP contribution in [0.25, 0.3) is 44.2 Å². The van der Waals surface area contributed by atoms with Gasteiger partial charge in [-0.3, -0.25) is 20.1 Å². The van der Waals surface area contributed by atoms with E-state index in [0.29, 0.717) is 11.4 Å². The molecule has 2 aromatic carbocycles. The molecule has 0 atom stereocenters. The number of nitro benzene ring substituents is 1. The first-order chi connectivity index (χ1) is 14.1. The molecule has 3 aromatic heterocycles. The molecule has 0 saturated heterocycles. The van der Waals surface area contributed by atoms with E-state index < -0.39 is 0 Å². The minimum Gasteiger partial charge on any atom is -0.321 e. The molecule has 7 heteroatoms. The van der Waals surface area contributed by atoms with E-state index in [1.807, 2.05) is 24.3 Å². The number of rotatable bonds is 3. The van der Waals surface area contributed by atoms with Crippen LogP contribution in [0.4, 0.5) is 5.69 Å². The Morgan fingerprint density at radius 3 is 2.24 bits per heavy atom. The van der Waals surface area contributed by atoms with Gasteiger partial charge in [0, 0.05) is 35.3 Å². The summed E-state index contributed by atoms with van der Waals surface area (Å²) >= 11 is 0. The quantitative estimate of drug-likeness (QED) is 0.240. The standard InChI is InChI=1S/C22H17N5O2/c1-13(2)26-21-16-9-6-12-24-19(16)18-15(8-5-11-23-18)20(21)25-22(26)14-7-3-4-10-17(14)27(28)29/h3-13H,1-2H3. The zero-order valence-corrected chi connectivity index (χ0v) is 15.9. The molecule has 0 spiro atoms. The van der Waals surface area contributed by atoms with E-state index >= 15 is 0 Å². The largest absolute Gasteiger partial charge is 0.321 e. The van der Waals surface area contributed by atoms with Gasteiger partial charge in [-0.1, -0.05) is 12.1 Å². The Kier molecular flexibility index (Phi) is 3.77. The van der Waals surface area contributed by atoms with Crippen LogP contribution in [0.1, 0.15) is 19.9 Å². The zero-order valence-electron chi connectivity index (χ0n) is 15.9. The molecule has 0 aliphatic carbocycles. The fourth-order valence-corrected chi connectivity index (χ4v) is 3.96. The third kappa shape index (κ3) is 2.47. The Balaban J connectivity index is 2.04. The number of benzene rings is 2. The first-order valence-corrected chi connectivity index (χ1v) is 9.35. The lowest BCUT2D eigenvalue weighted by molar-refractivity contribution is -0.384. The molecule has 5 rings (SSSR count). The van der Waals surface area contributed by atoms with Gasteiger partial charge in [0.1, 0.15) is 5.82 Å². The first-order valence-electron chi connectivity index (χ1n) is 9.35. The molecular formula is C22H17N5O2. The van der Waals surface area contributed by atoms with Gasteiger partial charge in [-0.2, -0.15) is 0 Å². The van der Waals surface area contributed by atoms with Crippen LogP contribution < -0.4 is 0 Å². The molecule has 0 unspecified atom stereocenters. The average Bonchev–Trinajstić information content (AvgIpc) is 3.15. The van der Waals surface area contributed by atoms with E-state index in [2.05, 4.69) is 28.4 Å². The van der Waals surface area contributed by atoms with Gasteiger partial charge in [0.15, 0.2) is 0 Å². The fraction of sp³-hybridized carbons (Fsp3) is 0.136. The van der Waals surface area contributed by atoms with Crippen molar-refractivity contribution < 1.29 is 4.92 Å². The summed E-state index contributed by atoms with van der Waals surface area (Å²) in [5, 5.41) is 13.5. The number of nitrogens with zero attached hydrogens (tertiary/aromatic N) is 5. The molecule has 142 valence electrons. The summed E-state index contributed by atoms with van der Waals surface area (Å²) in [5.41, 5.74) is 3.79. The Morgan fingerprint density at radius 2 is 1.55 bits per heavy atom. The minimum absolute atomic E-state index is 0.0346. The second kappa shape index (κ2) is 6.34. The molecule has 0 fully saturated rings. The number of nitro groups is 1. The lowest BCUT2D eigenvalue weighted by Gasteiger charge is -2.15. The van der Waals surface area contributed by atoms with E-state index in [1.165, 1.54) is 6.07 Å². The maximum absolute atomic E-state index is 11.7. The maximum atomic E-state index is 11.7. The first kappa shape index (κ1) is 17.2. The van der Waals surface area contributed by atoms with Crippen molar-refractivity contribution >= 4 is 38.5 Å². The van der Waals surface area contributed by atoms with Crippen LogP contribution in [-0.2, 0) is 0 Å². The molecular weight excluding hydrogens is 366 g/mol. The van der Waals surface area contributed by atoms with Crippen LogP contribution in [0.3, 0.4) is 0 Å². The van der Waals surface area contributed by atoms with Crippen LogP contribution in [0.2, 0.25) is 0 Å². The van der Waals surface area contributed by atoms with Gasteiger partial charge in [-0.15, -0.1) is 0 Å². The van der Waals surface area contributed by atoms with Gasteiger partial charge >= 0.3 is 0 Å². The lowest BCUT2D eigenvalue weighted by atomic mass is 10.1. The molecule has 0 aliphatic heterocycles. The second-order valence-electron chi connectivity index (χ2n) is 7.17. The molecule has 0 amide bonds. The molecule has 0 N–H and O–H groups in total. The normalized spacial score (nSPS) is 11.7. The summed E-state index contributed by atoms with van der Waals surface area (Å²) in [7, 11) is 0. The van der Waals surface area contributed by atoms with Crippen molar-refractivity contribution in [3.05, 3.63) is 71.0 Å². The number of fused-ring (bicyclic) bond motifs is 6. The highest BCUT2D eigenvalue weighted by molar-refractivity contribution is 6.21. The highest BCUT2D eigenvalue weighted by Crippen LogP contribution is 2.39. The van der Waals surface area contributed by atoms with Crippen LogP contribution >= 0.6 is 0 Å². The van der Waals surface area contributed by atoms with Gasteiger partial charge in [0.2, 0.25) is 0 Å². The highest BCUT2D eigenvalue weighted by Gasteiger charge is 2.25. The van der Waals surface area contributed by atoms with Gasteiger partial charge < -0.3 is 4.57 Å². The Labute approximate surface area is 165 Å². The third-order valence-corrected chi connectivity index (χ3v) is 5.12. The third-order valence-electron chi connectivity index (χ3n) is 5.12. The second-order valence-corrected chi connectivity index (χ2v) is 7.17. The van der Waals surface area contributed by atoms with Crippen molar-refractivity contribution in [3.8, 4) is 11.4 Å². The predicted octanol–water partition coefficient (Wildman–Crippen LogP) is 5.29. The summed E-state index contributed by atoms with van der Waals surface area (Å²) in [6.07, 6.45) is 3.49. The number of para-hydroxylation sites is 1. The summed E-state index contributed by atoms with van der Waals surface area (Å²) < 4.78 is 2.06. The fourth-order valence-electron chi connectivity index (χ4n) is 3.96. The van der Waals surface area contributed by atoms with Crippen LogP contribution in [0, 0.1) is 10.1 Å². The van der Waals surface area contributed by atoms with Crippen molar-refractivity contribution in [1.82, 2.24) is 19.5 Å². The molecule has 0 radical (unpaired) electrons. The smallest absolute Gasteiger partial charge is 0.280 e. The molecule has 0 saturated carbocycles. The molecule has 5 aromatic rings. The number of hydrogen-bond acceptors (Lipinski definition) is 5. The number of aromatic nitrogens is 4. The molecule has 0 aliphatic rings. The van der Waals surface area contributed by atoms with Crippen molar-refractivity contribution in [2.45, 2.75) is 19.9 Å². The minimum atomic E-state index is -0.362.